The van der Waals surface area contributed by atoms with Crippen molar-refractivity contribution in [1.29, 1.82) is 0 Å². The van der Waals surface area contributed by atoms with E-state index in [0.717, 1.165) is 18.2 Å². The molecule has 0 aliphatic rings. The van der Waals surface area contributed by atoms with Crippen molar-refractivity contribution in [1.82, 2.24) is 4.90 Å². The molecule has 1 aromatic rings. The lowest BCUT2D eigenvalue weighted by Crippen LogP contribution is -2.37. The van der Waals surface area contributed by atoms with Gasteiger partial charge in [0, 0.05) is 19.5 Å². The molecule has 2 N–H and O–H groups in total. The van der Waals surface area contributed by atoms with E-state index in [0.29, 0.717) is 19.5 Å². The first-order valence-corrected chi connectivity index (χ1v) is 6.74. The highest BCUT2D eigenvalue weighted by Crippen LogP contribution is 2.14. The van der Waals surface area contributed by atoms with E-state index < -0.39 is 17.5 Å². The average Bonchev–Trinajstić information content (AvgIpc) is 2.36. The Hall–Kier alpha value is -1.56. The maximum atomic E-state index is 13.7. The SMILES string of the molecule is CC(C)CN(CCC(N)=S)C(=O)c1cc(F)ccc1F. The molecule has 0 saturated carbocycles. The van der Waals surface area contributed by atoms with Gasteiger partial charge in [-0.2, -0.15) is 0 Å². The minimum Gasteiger partial charge on any atom is -0.393 e. The van der Waals surface area contributed by atoms with Crippen LogP contribution >= 0.6 is 12.2 Å². The number of rotatable bonds is 6. The minimum atomic E-state index is -0.736. The number of carbonyl (C=O) groups is 1. The molecule has 0 heterocycles. The molecule has 0 unspecified atom stereocenters. The summed E-state index contributed by atoms with van der Waals surface area (Å²) in [6.45, 7) is 4.59. The molecule has 0 fully saturated rings. The van der Waals surface area contributed by atoms with Gasteiger partial charge in [-0.1, -0.05) is 26.1 Å². The molecule has 0 aliphatic carbocycles. The smallest absolute Gasteiger partial charge is 0.256 e. The van der Waals surface area contributed by atoms with Gasteiger partial charge in [-0.3, -0.25) is 4.79 Å². The number of hydrogen-bond acceptors (Lipinski definition) is 2. The average molecular weight is 300 g/mol. The largest absolute Gasteiger partial charge is 0.393 e. The van der Waals surface area contributed by atoms with E-state index in [4.69, 9.17) is 18.0 Å². The summed E-state index contributed by atoms with van der Waals surface area (Å²) in [6.07, 6.45) is 0.352. The van der Waals surface area contributed by atoms with Gasteiger partial charge in [0.15, 0.2) is 0 Å². The topological polar surface area (TPSA) is 46.3 Å². The molecule has 0 saturated heterocycles. The van der Waals surface area contributed by atoms with E-state index in [1.54, 1.807) is 0 Å². The second-order valence-electron chi connectivity index (χ2n) is 4.99. The quantitative estimate of drug-likeness (QED) is 0.822. The lowest BCUT2D eigenvalue weighted by atomic mass is 10.1. The number of thiocarbonyl (C=S) groups is 1. The molecule has 3 nitrogen and oxygen atoms in total. The normalized spacial score (nSPS) is 10.7. The second-order valence-corrected chi connectivity index (χ2v) is 5.51. The van der Waals surface area contributed by atoms with Crippen molar-refractivity contribution in [3.63, 3.8) is 0 Å². The monoisotopic (exact) mass is 300 g/mol. The van der Waals surface area contributed by atoms with Gasteiger partial charge in [0.25, 0.3) is 5.91 Å². The van der Waals surface area contributed by atoms with E-state index in [-0.39, 0.29) is 16.5 Å². The van der Waals surface area contributed by atoms with Gasteiger partial charge in [-0.05, 0) is 24.1 Å². The number of nitrogens with zero attached hydrogens (tertiary/aromatic N) is 1. The van der Waals surface area contributed by atoms with Crippen LogP contribution in [-0.4, -0.2) is 28.9 Å². The molecule has 110 valence electrons. The van der Waals surface area contributed by atoms with Crippen LogP contribution in [0.15, 0.2) is 18.2 Å². The standard InChI is InChI=1S/C14H18F2N2OS/c1-9(2)8-18(6-5-13(17)20)14(19)11-7-10(15)3-4-12(11)16/h3-4,7,9H,5-6,8H2,1-2H3,(H2,17,20). The Balaban J connectivity index is 2.96. The molecule has 0 aliphatic heterocycles. The lowest BCUT2D eigenvalue weighted by Gasteiger charge is -2.24. The second kappa shape index (κ2) is 7.28. The van der Waals surface area contributed by atoms with Crippen LogP contribution in [0.2, 0.25) is 0 Å². The van der Waals surface area contributed by atoms with E-state index >= 15 is 0 Å². The molecule has 20 heavy (non-hydrogen) atoms. The van der Waals surface area contributed by atoms with Crippen LogP contribution in [0.3, 0.4) is 0 Å². The highest BCUT2D eigenvalue weighted by atomic mass is 32.1. The van der Waals surface area contributed by atoms with Crippen LogP contribution in [-0.2, 0) is 0 Å². The van der Waals surface area contributed by atoms with Crippen LogP contribution in [0, 0.1) is 17.6 Å². The first kappa shape index (κ1) is 16.5. The number of amides is 1. The molecular formula is C14H18F2N2OS. The van der Waals surface area contributed by atoms with Crippen LogP contribution in [0.25, 0.3) is 0 Å². The number of benzene rings is 1. The summed E-state index contributed by atoms with van der Waals surface area (Å²) in [5.74, 6) is -1.73. The van der Waals surface area contributed by atoms with Crippen molar-refractivity contribution in [2.45, 2.75) is 20.3 Å². The Bertz CT molecular complexity index is 506. The van der Waals surface area contributed by atoms with E-state index in [2.05, 4.69) is 0 Å². The molecule has 0 spiro atoms. The third kappa shape index (κ3) is 4.85. The Morgan fingerprint density at radius 1 is 1.40 bits per heavy atom. The minimum absolute atomic E-state index is 0.196. The zero-order valence-electron chi connectivity index (χ0n) is 11.5. The van der Waals surface area contributed by atoms with Gasteiger partial charge < -0.3 is 10.6 Å². The van der Waals surface area contributed by atoms with Crippen molar-refractivity contribution in [2.75, 3.05) is 13.1 Å². The Kier molecular flexibility index (Phi) is 6.01. The van der Waals surface area contributed by atoms with Gasteiger partial charge in [-0.25, -0.2) is 8.78 Å². The number of hydrogen-bond donors (Lipinski definition) is 1. The summed E-state index contributed by atoms with van der Waals surface area (Å²) in [6, 6.07) is 2.84. The third-order valence-electron chi connectivity index (χ3n) is 2.66. The van der Waals surface area contributed by atoms with Crippen molar-refractivity contribution < 1.29 is 13.6 Å². The first-order valence-electron chi connectivity index (χ1n) is 6.34. The van der Waals surface area contributed by atoms with Crippen LogP contribution in [0.5, 0.6) is 0 Å². The molecule has 0 radical (unpaired) electrons. The van der Waals surface area contributed by atoms with Crippen molar-refractivity contribution in [3.8, 4) is 0 Å². The number of nitrogens with two attached hydrogens (primary N) is 1. The van der Waals surface area contributed by atoms with Gasteiger partial charge in [0.05, 0.1) is 10.6 Å². The van der Waals surface area contributed by atoms with Crippen molar-refractivity contribution in [2.24, 2.45) is 11.7 Å². The van der Waals surface area contributed by atoms with Crippen LogP contribution in [0.1, 0.15) is 30.6 Å². The summed E-state index contributed by atoms with van der Waals surface area (Å²) >= 11 is 4.78. The molecule has 0 bridgehead atoms. The molecule has 6 heteroatoms. The van der Waals surface area contributed by atoms with Crippen molar-refractivity contribution in [3.05, 3.63) is 35.4 Å². The van der Waals surface area contributed by atoms with Gasteiger partial charge in [0.2, 0.25) is 0 Å². The van der Waals surface area contributed by atoms with E-state index in [1.165, 1.54) is 4.90 Å². The maximum Gasteiger partial charge on any atom is 0.256 e. The molecule has 1 amide bonds. The third-order valence-corrected chi connectivity index (χ3v) is 2.86. The number of halogens is 2. The summed E-state index contributed by atoms with van der Waals surface area (Å²) in [7, 11) is 0. The molecule has 1 rings (SSSR count). The highest BCUT2D eigenvalue weighted by Gasteiger charge is 2.20. The first-order chi connectivity index (χ1) is 9.31. The fraction of sp³-hybridized carbons (Fsp3) is 0.429. The highest BCUT2D eigenvalue weighted by molar-refractivity contribution is 7.80. The van der Waals surface area contributed by atoms with Crippen LogP contribution < -0.4 is 5.73 Å². The Morgan fingerprint density at radius 2 is 2.05 bits per heavy atom. The summed E-state index contributed by atoms with van der Waals surface area (Å²) in [4.78, 5) is 14.0. The van der Waals surface area contributed by atoms with Gasteiger partial charge in [0.1, 0.15) is 11.6 Å². The summed E-state index contributed by atoms with van der Waals surface area (Å²) in [5, 5.41) is 0. The Morgan fingerprint density at radius 3 is 2.60 bits per heavy atom. The Labute approximate surface area is 122 Å². The fourth-order valence-corrected chi connectivity index (χ4v) is 1.88. The summed E-state index contributed by atoms with van der Waals surface area (Å²) in [5.41, 5.74) is 5.15. The van der Waals surface area contributed by atoms with E-state index in [1.807, 2.05) is 13.8 Å². The van der Waals surface area contributed by atoms with Gasteiger partial charge in [-0.15, -0.1) is 0 Å². The number of carbonyl (C=O) groups excluding carboxylic acids is 1. The predicted octanol–water partition coefficient (Wildman–Crippen LogP) is 2.74. The zero-order chi connectivity index (χ0) is 15.3. The maximum absolute atomic E-state index is 13.7. The molecule has 1 aromatic carbocycles. The van der Waals surface area contributed by atoms with Gasteiger partial charge >= 0.3 is 0 Å². The predicted molar refractivity (Wildman–Crippen MR) is 78.5 cm³/mol. The van der Waals surface area contributed by atoms with Crippen LogP contribution in [0.4, 0.5) is 8.78 Å². The molecular weight excluding hydrogens is 282 g/mol. The van der Waals surface area contributed by atoms with Crippen molar-refractivity contribution >= 4 is 23.1 Å². The summed E-state index contributed by atoms with van der Waals surface area (Å²) < 4.78 is 26.8. The fourth-order valence-electron chi connectivity index (χ4n) is 1.79. The zero-order valence-corrected chi connectivity index (χ0v) is 12.3. The molecule has 0 aromatic heterocycles. The molecule has 0 atom stereocenters. The van der Waals surface area contributed by atoms with E-state index in [9.17, 15) is 13.6 Å². The lowest BCUT2D eigenvalue weighted by molar-refractivity contribution is 0.0736.